The maximum absolute atomic E-state index is 12.7. The van der Waals surface area contributed by atoms with Crippen LogP contribution in [0.4, 0.5) is 11.4 Å². The summed E-state index contributed by atoms with van der Waals surface area (Å²) in [6.45, 7) is 5.67. The van der Waals surface area contributed by atoms with Gasteiger partial charge in [-0.15, -0.1) is 11.8 Å². The number of thioether (sulfide) groups is 1. The molecule has 0 radical (unpaired) electrons. The van der Waals surface area contributed by atoms with Crippen LogP contribution in [0.2, 0.25) is 0 Å². The molecule has 2 aromatic rings. The lowest BCUT2D eigenvalue weighted by Crippen LogP contribution is -2.29. The molecule has 1 fully saturated rings. The Morgan fingerprint density at radius 3 is 2.56 bits per heavy atom. The van der Waals surface area contributed by atoms with Crippen LogP contribution in [-0.2, 0) is 15.3 Å². The number of hydrogen-bond acceptors (Lipinski definition) is 6. The third kappa shape index (κ3) is 6.65. The highest BCUT2D eigenvalue weighted by molar-refractivity contribution is 7.98. The van der Waals surface area contributed by atoms with Crippen LogP contribution in [0.3, 0.4) is 0 Å². The van der Waals surface area contributed by atoms with Crippen molar-refractivity contribution < 1.29 is 14.3 Å². The first-order valence-electron chi connectivity index (χ1n) is 10.9. The minimum absolute atomic E-state index is 0.313. The van der Waals surface area contributed by atoms with Crippen LogP contribution >= 0.6 is 11.8 Å². The first-order valence-corrected chi connectivity index (χ1v) is 11.8. The summed E-state index contributed by atoms with van der Waals surface area (Å²) in [4.78, 5) is 13.7. The second kappa shape index (κ2) is 11.3. The molecule has 0 spiro atoms. The van der Waals surface area contributed by atoms with Gasteiger partial charge in [-0.3, -0.25) is 4.79 Å². The molecule has 1 amide bonds. The Morgan fingerprint density at radius 2 is 1.91 bits per heavy atom. The van der Waals surface area contributed by atoms with E-state index >= 15 is 0 Å². The monoisotopic (exact) mass is 453 g/mol. The molecule has 2 aromatic carbocycles. The molecule has 2 N–H and O–H groups in total. The van der Waals surface area contributed by atoms with Crippen molar-refractivity contribution in [2.45, 2.75) is 37.3 Å². The topological polar surface area (TPSA) is 83.4 Å². The van der Waals surface area contributed by atoms with E-state index in [0.717, 1.165) is 54.7 Å². The lowest BCUT2D eigenvalue weighted by Gasteiger charge is -2.24. The van der Waals surface area contributed by atoms with E-state index in [9.17, 15) is 10.1 Å². The Morgan fingerprint density at radius 1 is 1.19 bits per heavy atom. The number of ether oxygens (including phenoxy) is 2. The molecular formula is C25H31N3O3S. The van der Waals surface area contributed by atoms with Crippen LogP contribution < -0.4 is 15.4 Å². The fourth-order valence-electron chi connectivity index (χ4n) is 3.29. The summed E-state index contributed by atoms with van der Waals surface area (Å²) in [5.41, 5.74) is 1.65. The SMILES string of the molecule is COc1ccc(CSc2ccc(NCC3CCOCC3)c(NC(=O)C(C)(C)C#N)c2)cc1. The first-order chi connectivity index (χ1) is 15.4. The molecule has 170 valence electrons. The Hall–Kier alpha value is -2.69. The number of methoxy groups -OCH3 is 1. The number of nitrogens with zero attached hydrogens (tertiary/aromatic N) is 1. The maximum atomic E-state index is 12.7. The van der Waals surface area contributed by atoms with Gasteiger partial charge >= 0.3 is 0 Å². The van der Waals surface area contributed by atoms with Gasteiger partial charge in [-0.25, -0.2) is 0 Å². The molecule has 0 aromatic heterocycles. The lowest BCUT2D eigenvalue weighted by atomic mass is 9.94. The average Bonchev–Trinajstić information content (AvgIpc) is 2.83. The summed E-state index contributed by atoms with van der Waals surface area (Å²) in [5, 5.41) is 15.8. The summed E-state index contributed by atoms with van der Waals surface area (Å²) < 4.78 is 10.7. The van der Waals surface area contributed by atoms with Gasteiger partial charge in [0.1, 0.15) is 11.2 Å². The molecule has 1 aliphatic heterocycles. The largest absolute Gasteiger partial charge is 0.497 e. The van der Waals surface area contributed by atoms with Gasteiger partial charge in [-0.05, 0) is 68.5 Å². The van der Waals surface area contributed by atoms with Crippen molar-refractivity contribution in [3.05, 3.63) is 48.0 Å². The van der Waals surface area contributed by atoms with E-state index in [1.54, 1.807) is 32.7 Å². The van der Waals surface area contributed by atoms with Crippen LogP contribution in [0, 0.1) is 22.7 Å². The number of carbonyl (C=O) groups is 1. The van der Waals surface area contributed by atoms with Gasteiger partial charge in [0.15, 0.2) is 0 Å². The summed E-state index contributed by atoms with van der Waals surface area (Å²) in [6, 6.07) is 16.1. The summed E-state index contributed by atoms with van der Waals surface area (Å²) in [6.07, 6.45) is 2.07. The predicted molar refractivity (Wildman–Crippen MR) is 129 cm³/mol. The van der Waals surface area contributed by atoms with E-state index < -0.39 is 5.41 Å². The molecule has 1 saturated heterocycles. The van der Waals surface area contributed by atoms with Gasteiger partial charge in [0.2, 0.25) is 5.91 Å². The summed E-state index contributed by atoms with van der Waals surface area (Å²) >= 11 is 1.69. The smallest absolute Gasteiger partial charge is 0.244 e. The zero-order valence-electron chi connectivity index (χ0n) is 18.9. The highest BCUT2D eigenvalue weighted by atomic mass is 32.2. The molecule has 0 bridgehead atoms. The second-order valence-electron chi connectivity index (χ2n) is 8.47. The van der Waals surface area contributed by atoms with E-state index in [4.69, 9.17) is 9.47 Å². The number of carbonyl (C=O) groups excluding carboxylic acids is 1. The van der Waals surface area contributed by atoms with Gasteiger partial charge < -0.3 is 20.1 Å². The van der Waals surface area contributed by atoms with Crippen LogP contribution in [-0.4, -0.2) is 32.8 Å². The minimum atomic E-state index is -1.11. The molecule has 0 unspecified atom stereocenters. The molecule has 32 heavy (non-hydrogen) atoms. The van der Waals surface area contributed by atoms with Crippen molar-refractivity contribution in [2.24, 2.45) is 11.3 Å². The van der Waals surface area contributed by atoms with Crippen molar-refractivity contribution in [3.8, 4) is 11.8 Å². The van der Waals surface area contributed by atoms with Crippen molar-refractivity contribution in [1.29, 1.82) is 5.26 Å². The van der Waals surface area contributed by atoms with E-state index in [1.807, 2.05) is 36.4 Å². The molecule has 0 aliphatic carbocycles. The van der Waals surface area contributed by atoms with E-state index in [-0.39, 0.29) is 5.91 Å². The van der Waals surface area contributed by atoms with Gasteiger partial charge in [-0.2, -0.15) is 5.26 Å². The van der Waals surface area contributed by atoms with Gasteiger partial charge in [0, 0.05) is 30.4 Å². The van der Waals surface area contributed by atoms with Crippen LogP contribution in [0.1, 0.15) is 32.3 Å². The van der Waals surface area contributed by atoms with Crippen LogP contribution in [0.5, 0.6) is 5.75 Å². The predicted octanol–water partition coefficient (Wildman–Crippen LogP) is 5.31. The molecule has 3 rings (SSSR count). The molecule has 6 nitrogen and oxygen atoms in total. The Bertz CT molecular complexity index is 948. The zero-order chi connectivity index (χ0) is 23.0. The van der Waals surface area contributed by atoms with Crippen molar-refractivity contribution >= 4 is 29.0 Å². The average molecular weight is 454 g/mol. The van der Waals surface area contributed by atoms with Gasteiger partial charge in [-0.1, -0.05) is 12.1 Å². The molecule has 0 atom stereocenters. The fraction of sp³-hybridized carbons (Fsp3) is 0.440. The number of rotatable bonds is 9. The third-order valence-electron chi connectivity index (χ3n) is 5.57. The normalized spacial score (nSPS) is 14.4. The lowest BCUT2D eigenvalue weighted by molar-refractivity contribution is -0.121. The number of hydrogen-bond donors (Lipinski definition) is 2. The standard InChI is InChI=1S/C25H31N3O3S/c1-25(2,17-26)24(29)28-23-14-21(32-16-19-4-6-20(30-3)7-5-19)8-9-22(23)27-15-18-10-12-31-13-11-18/h4-9,14,18,27H,10-13,15-16H2,1-3H3,(H,28,29). The maximum Gasteiger partial charge on any atom is 0.244 e. The highest BCUT2D eigenvalue weighted by Gasteiger charge is 2.28. The Labute approximate surface area is 194 Å². The van der Waals surface area contributed by atoms with Crippen molar-refractivity contribution in [2.75, 3.05) is 37.5 Å². The fourth-order valence-corrected chi connectivity index (χ4v) is 4.18. The van der Waals surface area contributed by atoms with Crippen molar-refractivity contribution in [3.63, 3.8) is 0 Å². The number of anilines is 2. The molecule has 0 saturated carbocycles. The molecule has 7 heteroatoms. The zero-order valence-corrected chi connectivity index (χ0v) is 19.8. The molecule has 1 heterocycles. The van der Waals surface area contributed by atoms with Gasteiger partial charge in [0.25, 0.3) is 0 Å². The number of nitriles is 1. The number of amides is 1. The van der Waals surface area contributed by atoms with Crippen LogP contribution in [0.25, 0.3) is 0 Å². The summed E-state index contributed by atoms with van der Waals surface area (Å²) in [5.74, 6) is 1.87. The third-order valence-corrected chi connectivity index (χ3v) is 6.64. The first kappa shape index (κ1) is 24.0. The minimum Gasteiger partial charge on any atom is -0.497 e. The second-order valence-corrected chi connectivity index (χ2v) is 9.52. The molecular weight excluding hydrogens is 422 g/mol. The Balaban J connectivity index is 1.73. The van der Waals surface area contributed by atoms with Crippen LogP contribution in [0.15, 0.2) is 47.4 Å². The number of nitrogens with one attached hydrogen (secondary N) is 2. The molecule has 1 aliphatic rings. The quantitative estimate of drug-likeness (QED) is 0.500. The number of benzene rings is 2. The van der Waals surface area contributed by atoms with E-state index in [0.29, 0.717) is 11.6 Å². The highest BCUT2D eigenvalue weighted by Crippen LogP contribution is 2.32. The van der Waals surface area contributed by atoms with Gasteiger partial charge in [0.05, 0.1) is 24.6 Å². The van der Waals surface area contributed by atoms with E-state index in [1.165, 1.54) is 5.56 Å². The summed E-state index contributed by atoms with van der Waals surface area (Å²) in [7, 11) is 1.66. The van der Waals surface area contributed by atoms with E-state index in [2.05, 4.69) is 22.8 Å². The Kier molecular flexibility index (Phi) is 8.43. The van der Waals surface area contributed by atoms with Crippen molar-refractivity contribution in [1.82, 2.24) is 0 Å².